The largest absolute Gasteiger partial charge is 0.459 e. The first-order valence-electron chi connectivity index (χ1n) is 4.09. The molecule has 0 amide bonds. The van der Waals surface area contributed by atoms with Crippen molar-refractivity contribution < 1.29 is 28.9 Å². The molecular weight excluding hydrogens is 223 g/mol. The molecule has 0 radical (unpaired) electrons. The van der Waals surface area contributed by atoms with E-state index < -0.39 is 19.6 Å². The van der Waals surface area contributed by atoms with Gasteiger partial charge in [-0.25, -0.2) is 9.68 Å². The summed E-state index contributed by atoms with van der Waals surface area (Å²) in [5.74, 6) is -0.547. The van der Waals surface area contributed by atoms with E-state index in [0.29, 0.717) is 0 Å². The van der Waals surface area contributed by atoms with E-state index in [0.717, 1.165) is 0 Å². The van der Waals surface area contributed by atoms with E-state index in [1.54, 1.807) is 0 Å². The van der Waals surface area contributed by atoms with Gasteiger partial charge in [-0.05, 0) is 20.1 Å². The molecule has 7 heteroatoms. The lowest BCUT2D eigenvalue weighted by molar-refractivity contribution is -0.255. The number of esters is 1. The van der Waals surface area contributed by atoms with Gasteiger partial charge in [0, 0.05) is 5.57 Å². The van der Waals surface area contributed by atoms with Crippen LogP contribution in [-0.2, 0) is 19.1 Å². The molecule has 0 aromatic carbocycles. The standard InChI is InChI=1S/C8H15O6P/c1-6(2)8(9)12-5-7(3)13-14-15(4,10)11/h7,10-11H,1,4-5H2,2-3H3. The summed E-state index contributed by atoms with van der Waals surface area (Å²) in [6, 6.07) is 0. The zero-order valence-electron chi connectivity index (χ0n) is 8.67. The summed E-state index contributed by atoms with van der Waals surface area (Å²) >= 11 is 0. The highest BCUT2D eigenvalue weighted by Gasteiger charge is 2.12. The lowest BCUT2D eigenvalue weighted by Gasteiger charge is -2.14. The molecule has 0 aliphatic carbocycles. The van der Waals surface area contributed by atoms with Crippen molar-refractivity contribution in [2.75, 3.05) is 6.61 Å². The quantitative estimate of drug-likeness (QED) is 0.232. The van der Waals surface area contributed by atoms with E-state index in [4.69, 9.17) is 14.5 Å². The van der Waals surface area contributed by atoms with E-state index in [1.807, 2.05) is 0 Å². The van der Waals surface area contributed by atoms with E-state index in [1.165, 1.54) is 13.8 Å². The molecule has 0 saturated carbocycles. The van der Waals surface area contributed by atoms with Crippen LogP contribution < -0.4 is 0 Å². The zero-order valence-corrected chi connectivity index (χ0v) is 9.57. The maximum Gasteiger partial charge on any atom is 0.333 e. The first-order chi connectivity index (χ1) is 6.72. The second-order valence-electron chi connectivity index (χ2n) is 3.02. The fourth-order valence-electron chi connectivity index (χ4n) is 0.486. The summed E-state index contributed by atoms with van der Waals surface area (Å²) in [5.41, 5.74) is 0.270. The van der Waals surface area contributed by atoms with Crippen LogP contribution in [0.1, 0.15) is 13.8 Å². The van der Waals surface area contributed by atoms with Crippen molar-refractivity contribution in [3.05, 3.63) is 12.2 Å². The Balaban J connectivity index is 3.76. The van der Waals surface area contributed by atoms with Crippen molar-refractivity contribution in [1.82, 2.24) is 0 Å². The Bertz CT molecular complexity index is 281. The van der Waals surface area contributed by atoms with Crippen molar-refractivity contribution in [2.45, 2.75) is 20.0 Å². The van der Waals surface area contributed by atoms with Crippen molar-refractivity contribution in [1.29, 1.82) is 0 Å². The van der Waals surface area contributed by atoms with E-state index >= 15 is 0 Å². The second kappa shape index (κ2) is 6.05. The van der Waals surface area contributed by atoms with E-state index in [2.05, 4.69) is 22.4 Å². The van der Waals surface area contributed by atoms with Gasteiger partial charge in [0.1, 0.15) is 12.7 Å². The van der Waals surface area contributed by atoms with Gasteiger partial charge in [0.2, 0.25) is 0 Å². The van der Waals surface area contributed by atoms with E-state index in [9.17, 15) is 4.79 Å². The van der Waals surface area contributed by atoms with Gasteiger partial charge in [0.25, 0.3) is 7.57 Å². The summed E-state index contributed by atoms with van der Waals surface area (Å²) < 4.78 is 8.90. The molecule has 0 spiro atoms. The smallest absolute Gasteiger partial charge is 0.333 e. The lowest BCUT2D eigenvalue weighted by Crippen LogP contribution is -2.19. The third kappa shape index (κ3) is 8.35. The van der Waals surface area contributed by atoms with Crippen molar-refractivity contribution >= 4 is 19.8 Å². The highest BCUT2D eigenvalue weighted by Crippen LogP contribution is 2.35. The number of hydrogen-bond donors (Lipinski definition) is 2. The van der Waals surface area contributed by atoms with Crippen LogP contribution in [-0.4, -0.2) is 34.8 Å². The Morgan fingerprint density at radius 1 is 1.53 bits per heavy atom. The molecule has 0 aromatic heterocycles. The van der Waals surface area contributed by atoms with Crippen molar-refractivity contribution in [3.8, 4) is 0 Å². The average Bonchev–Trinajstić information content (AvgIpc) is 2.09. The topological polar surface area (TPSA) is 85.2 Å². The predicted molar refractivity (Wildman–Crippen MR) is 55.9 cm³/mol. The van der Waals surface area contributed by atoms with Gasteiger partial charge in [-0.1, -0.05) is 6.58 Å². The summed E-state index contributed by atoms with van der Waals surface area (Å²) in [4.78, 5) is 32.9. The molecule has 0 heterocycles. The molecular formula is C8H15O6P. The molecule has 0 aromatic rings. The molecule has 88 valence electrons. The lowest BCUT2D eigenvalue weighted by atomic mass is 10.3. The van der Waals surface area contributed by atoms with Gasteiger partial charge >= 0.3 is 5.97 Å². The zero-order chi connectivity index (χ0) is 12.1. The molecule has 0 aliphatic rings. The minimum atomic E-state index is -3.67. The molecule has 1 atom stereocenters. The Morgan fingerprint density at radius 2 is 2.07 bits per heavy atom. The minimum absolute atomic E-state index is 0.0777. The van der Waals surface area contributed by atoms with Gasteiger partial charge in [0.05, 0.1) is 0 Å². The highest BCUT2D eigenvalue weighted by atomic mass is 31.2. The third-order valence-corrected chi connectivity index (χ3v) is 1.45. The number of carbonyl (C=O) groups is 1. The van der Waals surface area contributed by atoms with Crippen LogP contribution in [0.4, 0.5) is 0 Å². The Labute approximate surface area is 88.2 Å². The second-order valence-corrected chi connectivity index (χ2v) is 4.50. The third-order valence-electron chi connectivity index (χ3n) is 1.12. The summed E-state index contributed by atoms with van der Waals surface area (Å²) in [6.45, 7) is 6.35. The van der Waals surface area contributed by atoms with Crippen LogP contribution in [0, 0.1) is 0 Å². The molecule has 0 aliphatic heterocycles. The van der Waals surface area contributed by atoms with Gasteiger partial charge in [-0.3, -0.25) is 0 Å². The molecule has 1 unspecified atom stereocenters. The Morgan fingerprint density at radius 3 is 2.47 bits per heavy atom. The normalized spacial score (nSPS) is 13.3. The monoisotopic (exact) mass is 238 g/mol. The number of ether oxygens (including phenoxy) is 1. The fraction of sp³-hybridized carbons (Fsp3) is 0.500. The maximum absolute atomic E-state index is 10.9. The van der Waals surface area contributed by atoms with Crippen LogP contribution in [0.25, 0.3) is 0 Å². The summed E-state index contributed by atoms with van der Waals surface area (Å²) in [5, 5.41) is 0. The summed E-state index contributed by atoms with van der Waals surface area (Å²) in [7, 11) is -3.67. The Hall–Kier alpha value is -0.650. The molecule has 0 fully saturated rings. The van der Waals surface area contributed by atoms with Crippen LogP contribution in [0.15, 0.2) is 12.2 Å². The van der Waals surface area contributed by atoms with E-state index in [-0.39, 0.29) is 12.2 Å². The average molecular weight is 238 g/mol. The van der Waals surface area contributed by atoms with Crippen LogP contribution >= 0.6 is 7.57 Å². The van der Waals surface area contributed by atoms with Crippen LogP contribution in [0.2, 0.25) is 0 Å². The maximum atomic E-state index is 10.9. The Kier molecular flexibility index (Phi) is 5.79. The fourth-order valence-corrected chi connectivity index (χ4v) is 0.771. The molecule has 0 saturated heterocycles. The molecule has 6 nitrogen and oxygen atoms in total. The first kappa shape index (κ1) is 14.3. The molecule has 2 N–H and O–H groups in total. The number of rotatable bonds is 6. The number of hydrogen-bond acceptors (Lipinski definition) is 6. The van der Waals surface area contributed by atoms with Gasteiger partial charge in [-0.15, -0.1) is 0 Å². The molecule has 15 heavy (non-hydrogen) atoms. The van der Waals surface area contributed by atoms with Crippen molar-refractivity contribution in [3.63, 3.8) is 0 Å². The van der Waals surface area contributed by atoms with Gasteiger partial charge in [-0.2, -0.15) is 4.67 Å². The number of carbonyl (C=O) groups excluding carboxylic acids is 1. The predicted octanol–water partition coefficient (Wildman–Crippen LogP) is 0.622. The van der Waals surface area contributed by atoms with Crippen molar-refractivity contribution in [2.24, 2.45) is 0 Å². The first-order valence-corrected chi connectivity index (χ1v) is 5.88. The molecule has 0 rings (SSSR count). The highest BCUT2D eigenvalue weighted by molar-refractivity contribution is 7.57. The van der Waals surface area contributed by atoms with Crippen LogP contribution in [0.5, 0.6) is 0 Å². The van der Waals surface area contributed by atoms with Crippen LogP contribution in [0.3, 0.4) is 0 Å². The molecule has 0 bridgehead atoms. The van der Waals surface area contributed by atoms with Gasteiger partial charge < -0.3 is 14.5 Å². The van der Waals surface area contributed by atoms with Gasteiger partial charge in [0.15, 0.2) is 0 Å². The minimum Gasteiger partial charge on any atom is -0.459 e. The SMILES string of the molecule is C=C(C)C(=O)OCC(C)OOP(=C)(O)O. The summed E-state index contributed by atoms with van der Waals surface area (Å²) in [6.07, 6.45) is 2.29.